The lowest BCUT2D eigenvalue weighted by molar-refractivity contribution is -0.142. The second kappa shape index (κ2) is 5.47. The van der Waals surface area contributed by atoms with Gasteiger partial charge in [0.2, 0.25) is 6.29 Å². The topological polar surface area (TPSA) is 48.4 Å². The molecule has 1 aliphatic heterocycles. The van der Waals surface area contributed by atoms with Crippen LogP contribution < -0.4 is 4.74 Å². The highest BCUT2D eigenvalue weighted by atomic mass is 35.5. The second-order valence-electron chi connectivity index (χ2n) is 4.06. The number of Topliss-reactive ketones (excluding diaryl/α,β-unsaturated/α-hetero) is 1. The lowest BCUT2D eigenvalue weighted by Crippen LogP contribution is -2.33. The number of hydrogen-bond donors (Lipinski definition) is 0. The van der Waals surface area contributed by atoms with Crippen molar-refractivity contribution < 1.29 is 14.3 Å². The summed E-state index contributed by atoms with van der Waals surface area (Å²) in [7, 11) is 0. The van der Waals surface area contributed by atoms with Crippen molar-refractivity contribution >= 4 is 17.4 Å². The van der Waals surface area contributed by atoms with E-state index in [9.17, 15) is 4.79 Å². The molecule has 4 nitrogen and oxygen atoms in total. The van der Waals surface area contributed by atoms with E-state index in [0.29, 0.717) is 23.9 Å². The molecule has 92 valence electrons. The average molecular weight is 256 g/mol. The van der Waals surface area contributed by atoms with Gasteiger partial charge < -0.3 is 9.47 Å². The fourth-order valence-electron chi connectivity index (χ4n) is 1.82. The third-order valence-corrected chi connectivity index (χ3v) is 2.99. The lowest BCUT2D eigenvalue weighted by Gasteiger charge is -2.28. The Kier molecular flexibility index (Phi) is 3.97. The van der Waals surface area contributed by atoms with Crippen LogP contribution in [0.1, 0.15) is 19.8 Å². The number of carbonyl (C=O) groups is 1. The normalized spacial score (nSPS) is 24.4. The zero-order valence-electron chi connectivity index (χ0n) is 9.56. The van der Waals surface area contributed by atoms with Crippen molar-refractivity contribution in [2.45, 2.75) is 26.1 Å². The van der Waals surface area contributed by atoms with Gasteiger partial charge in [0.15, 0.2) is 0 Å². The quantitative estimate of drug-likeness (QED) is 0.779. The zero-order valence-corrected chi connectivity index (χ0v) is 10.3. The molecule has 1 aromatic rings. The summed E-state index contributed by atoms with van der Waals surface area (Å²) in [5, 5.41) is 0.376. The van der Waals surface area contributed by atoms with Gasteiger partial charge in [0.25, 0.3) is 0 Å². The molecule has 1 fully saturated rings. The Morgan fingerprint density at radius 3 is 3.18 bits per heavy atom. The maximum atomic E-state index is 11.3. The van der Waals surface area contributed by atoms with Crippen molar-refractivity contribution in [3.05, 3.63) is 23.5 Å². The van der Waals surface area contributed by atoms with Crippen LogP contribution in [0, 0.1) is 5.92 Å². The van der Waals surface area contributed by atoms with Crippen LogP contribution in [0.3, 0.4) is 0 Å². The molecule has 0 saturated carbocycles. The van der Waals surface area contributed by atoms with Crippen LogP contribution in [0.2, 0.25) is 5.15 Å². The van der Waals surface area contributed by atoms with Gasteiger partial charge in [0.05, 0.1) is 6.61 Å². The van der Waals surface area contributed by atoms with Crippen LogP contribution in [-0.4, -0.2) is 23.7 Å². The Bertz CT molecular complexity index is 410. The largest absolute Gasteiger partial charge is 0.465 e. The van der Waals surface area contributed by atoms with Crippen LogP contribution in [0.25, 0.3) is 0 Å². The van der Waals surface area contributed by atoms with Gasteiger partial charge >= 0.3 is 0 Å². The first-order chi connectivity index (χ1) is 8.15. The highest BCUT2D eigenvalue weighted by Gasteiger charge is 2.26. The van der Waals surface area contributed by atoms with Crippen LogP contribution in [-0.2, 0) is 9.53 Å². The number of hydrogen-bond acceptors (Lipinski definition) is 4. The van der Waals surface area contributed by atoms with E-state index < -0.39 is 0 Å². The van der Waals surface area contributed by atoms with E-state index in [4.69, 9.17) is 21.1 Å². The fourth-order valence-corrected chi connectivity index (χ4v) is 1.98. The number of halogens is 1. The Morgan fingerprint density at radius 1 is 1.65 bits per heavy atom. The highest BCUT2D eigenvalue weighted by molar-refractivity contribution is 6.29. The first kappa shape index (κ1) is 12.3. The first-order valence-corrected chi connectivity index (χ1v) is 5.93. The third kappa shape index (κ3) is 3.41. The molecule has 5 heteroatoms. The van der Waals surface area contributed by atoms with Crippen molar-refractivity contribution in [1.82, 2.24) is 4.98 Å². The molecular weight excluding hydrogens is 242 g/mol. The summed E-state index contributed by atoms with van der Waals surface area (Å²) < 4.78 is 11.1. The van der Waals surface area contributed by atoms with Crippen molar-refractivity contribution in [3.8, 4) is 5.75 Å². The summed E-state index contributed by atoms with van der Waals surface area (Å²) in [4.78, 5) is 15.2. The number of pyridine rings is 1. The number of carbonyl (C=O) groups excluding carboxylic acids is 1. The van der Waals surface area contributed by atoms with Crippen LogP contribution in [0.4, 0.5) is 0 Å². The Morgan fingerprint density at radius 2 is 2.47 bits per heavy atom. The van der Waals surface area contributed by atoms with E-state index in [1.807, 2.05) is 0 Å². The molecule has 0 amide bonds. The average Bonchev–Trinajstić information content (AvgIpc) is 2.29. The van der Waals surface area contributed by atoms with Crippen LogP contribution in [0.15, 0.2) is 18.3 Å². The van der Waals surface area contributed by atoms with Gasteiger partial charge in [-0.3, -0.25) is 4.79 Å². The minimum atomic E-state index is -0.379. The van der Waals surface area contributed by atoms with E-state index >= 15 is 0 Å². The molecule has 2 unspecified atom stereocenters. The smallest absolute Gasteiger partial charge is 0.200 e. The van der Waals surface area contributed by atoms with Gasteiger partial charge in [0.1, 0.15) is 16.7 Å². The SMILES string of the molecule is CC(=O)C1CCOC(Oc2ccnc(Cl)c2)C1. The Balaban J connectivity index is 1.97. The first-order valence-electron chi connectivity index (χ1n) is 5.55. The Hall–Kier alpha value is -1.13. The molecule has 0 radical (unpaired) electrons. The van der Waals surface area contributed by atoms with Crippen molar-refractivity contribution in [3.63, 3.8) is 0 Å². The highest BCUT2D eigenvalue weighted by Crippen LogP contribution is 2.24. The van der Waals surface area contributed by atoms with Gasteiger partial charge in [-0.05, 0) is 19.4 Å². The maximum Gasteiger partial charge on any atom is 0.200 e. The third-order valence-electron chi connectivity index (χ3n) is 2.79. The monoisotopic (exact) mass is 255 g/mol. The molecule has 2 rings (SSSR count). The van der Waals surface area contributed by atoms with E-state index in [1.54, 1.807) is 25.3 Å². The molecule has 2 atom stereocenters. The fraction of sp³-hybridized carbons (Fsp3) is 0.500. The van der Waals surface area contributed by atoms with Gasteiger partial charge in [-0.2, -0.15) is 0 Å². The number of aromatic nitrogens is 1. The summed E-state index contributed by atoms with van der Waals surface area (Å²) in [6.07, 6.45) is 2.56. The maximum absolute atomic E-state index is 11.3. The van der Waals surface area contributed by atoms with Gasteiger partial charge in [0, 0.05) is 24.6 Å². The van der Waals surface area contributed by atoms with Gasteiger partial charge in [-0.25, -0.2) is 4.98 Å². The molecule has 1 aliphatic rings. The van der Waals surface area contributed by atoms with E-state index in [-0.39, 0.29) is 18.0 Å². The molecule has 17 heavy (non-hydrogen) atoms. The zero-order chi connectivity index (χ0) is 12.3. The predicted molar refractivity (Wildman–Crippen MR) is 63.0 cm³/mol. The number of nitrogens with zero attached hydrogens (tertiary/aromatic N) is 1. The van der Waals surface area contributed by atoms with E-state index in [1.165, 1.54) is 0 Å². The molecule has 0 bridgehead atoms. The molecule has 0 spiro atoms. The predicted octanol–water partition coefficient (Wildman–Crippen LogP) is 2.46. The summed E-state index contributed by atoms with van der Waals surface area (Å²) in [6, 6.07) is 3.34. The lowest BCUT2D eigenvalue weighted by atomic mass is 9.95. The summed E-state index contributed by atoms with van der Waals surface area (Å²) >= 11 is 5.76. The molecular formula is C12H14ClNO3. The number of rotatable bonds is 3. The number of ketones is 1. The molecule has 2 heterocycles. The Labute approximate surface area is 105 Å². The molecule has 1 saturated heterocycles. The van der Waals surface area contributed by atoms with Crippen molar-refractivity contribution in [1.29, 1.82) is 0 Å². The number of ether oxygens (including phenoxy) is 2. The van der Waals surface area contributed by atoms with Gasteiger partial charge in [-0.15, -0.1) is 0 Å². The van der Waals surface area contributed by atoms with Gasteiger partial charge in [-0.1, -0.05) is 11.6 Å². The summed E-state index contributed by atoms with van der Waals surface area (Å²) in [6.45, 7) is 2.16. The van der Waals surface area contributed by atoms with Crippen LogP contribution >= 0.6 is 11.6 Å². The van der Waals surface area contributed by atoms with Crippen LogP contribution in [0.5, 0.6) is 5.75 Å². The molecule has 0 aromatic carbocycles. The summed E-state index contributed by atoms with van der Waals surface area (Å²) in [5.74, 6) is 0.833. The van der Waals surface area contributed by atoms with Crippen molar-refractivity contribution in [2.75, 3.05) is 6.61 Å². The molecule has 0 aliphatic carbocycles. The molecule has 0 N–H and O–H groups in total. The minimum Gasteiger partial charge on any atom is -0.465 e. The summed E-state index contributed by atoms with van der Waals surface area (Å²) in [5.41, 5.74) is 0. The minimum absolute atomic E-state index is 0.0334. The molecule has 1 aromatic heterocycles. The standard InChI is InChI=1S/C12H14ClNO3/c1-8(15)9-3-5-16-12(6-9)17-10-2-4-14-11(13)7-10/h2,4,7,9,12H,3,5-6H2,1H3. The van der Waals surface area contributed by atoms with Crippen molar-refractivity contribution in [2.24, 2.45) is 5.92 Å². The van der Waals surface area contributed by atoms with E-state index in [0.717, 1.165) is 6.42 Å². The van der Waals surface area contributed by atoms with E-state index in [2.05, 4.69) is 4.98 Å². The second-order valence-corrected chi connectivity index (χ2v) is 4.45.